The van der Waals surface area contributed by atoms with Crippen LogP contribution in [-0.4, -0.2) is 11.1 Å². The van der Waals surface area contributed by atoms with Crippen molar-refractivity contribution < 1.29 is 9.90 Å². The van der Waals surface area contributed by atoms with Gasteiger partial charge in [-0.1, -0.05) is 25.8 Å². The number of allylic oxidation sites excluding steroid dienone is 1. The summed E-state index contributed by atoms with van der Waals surface area (Å²) in [7, 11) is 0. The third kappa shape index (κ3) is 4.13. The molecule has 0 aromatic heterocycles. The summed E-state index contributed by atoms with van der Waals surface area (Å²) in [4.78, 5) is 10.2. The molecular formula is C8H14O2. The molecule has 0 aliphatic heterocycles. The third-order valence-electron chi connectivity index (χ3n) is 1.35. The van der Waals surface area contributed by atoms with Gasteiger partial charge >= 0.3 is 5.97 Å². The lowest BCUT2D eigenvalue weighted by Crippen LogP contribution is -1.91. The highest BCUT2D eigenvalue weighted by Gasteiger charge is 1.95. The van der Waals surface area contributed by atoms with Gasteiger partial charge in [0.05, 0.1) is 0 Å². The molecule has 0 spiro atoms. The minimum Gasteiger partial charge on any atom is -0.478 e. The fourth-order valence-electron chi connectivity index (χ4n) is 0.847. The molecular weight excluding hydrogens is 128 g/mol. The fourth-order valence-corrected chi connectivity index (χ4v) is 0.847. The van der Waals surface area contributed by atoms with Gasteiger partial charge in [0.25, 0.3) is 0 Å². The second-order valence-electron chi connectivity index (χ2n) is 2.24. The van der Waals surface area contributed by atoms with Gasteiger partial charge in [0.15, 0.2) is 0 Å². The lowest BCUT2D eigenvalue weighted by Gasteiger charge is -1.98. The van der Waals surface area contributed by atoms with Crippen LogP contribution < -0.4 is 0 Å². The van der Waals surface area contributed by atoms with E-state index >= 15 is 0 Å². The molecule has 0 saturated heterocycles. The van der Waals surface area contributed by atoms with Crippen molar-refractivity contribution in [2.45, 2.75) is 33.1 Å². The molecule has 2 nitrogen and oxygen atoms in total. The molecule has 0 fully saturated rings. The summed E-state index contributed by atoms with van der Waals surface area (Å²) in [5.41, 5.74) is 1.02. The molecule has 0 saturated carbocycles. The van der Waals surface area contributed by atoms with Crippen LogP contribution in [-0.2, 0) is 4.79 Å². The summed E-state index contributed by atoms with van der Waals surface area (Å²) >= 11 is 0. The Kier molecular flexibility index (Phi) is 4.63. The number of carbonyl (C=O) groups is 1. The van der Waals surface area contributed by atoms with E-state index in [9.17, 15) is 4.79 Å². The van der Waals surface area contributed by atoms with Crippen LogP contribution in [0.2, 0.25) is 0 Å². The molecule has 0 aliphatic rings. The first-order valence-corrected chi connectivity index (χ1v) is 3.63. The zero-order valence-electron chi connectivity index (χ0n) is 6.55. The SMILES string of the molecule is CCC/C(=C\C(=O)O)CC. The molecule has 2 heteroatoms. The summed E-state index contributed by atoms with van der Waals surface area (Å²) in [6, 6.07) is 0. The Morgan fingerprint density at radius 3 is 2.40 bits per heavy atom. The highest BCUT2D eigenvalue weighted by atomic mass is 16.4. The van der Waals surface area contributed by atoms with Crippen LogP contribution in [0.1, 0.15) is 33.1 Å². The molecule has 0 atom stereocenters. The molecule has 0 unspecified atom stereocenters. The molecule has 0 amide bonds. The first-order valence-electron chi connectivity index (χ1n) is 3.63. The average molecular weight is 142 g/mol. The number of aliphatic carboxylic acids is 1. The van der Waals surface area contributed by atoms with Crippen molar-refractivity contribution >= 4 is 5.97 Å². The summed E-state index contributed by atoms with van der Waals surface area (Å²) < 4.78 is 0. The van der Waals surface area contributed by atoms with Gasteiger partial charge in [-0.25, -0.2) is 4.79 Å². The molecule has 0 bridgehead atoms. The normalized spacial score (nSPS) is 11.6. The minimum atomic E-state index is -0.828. The quantitative estimate of drug-likeness (QED) is 0.611. The topological polar surface area (TPSA) is 37.3 Å². The second kappa shape index (κ2) is 5.03. The number of rotatable bonds is 4. The van der Waals surface area contributed by atoms with Crippen molar-refractivity contribution in [3.63, 3.8) is 0 Å². The lowest BCUT2D eigenvalue weighted by atomic mass is 10.1. The van der Waals surface area contributed by atoms with Crippen LogP contribution in [0, 0.1) is 0 Å². The number of hydrogen-bond acceptors (Lipinski definition) is 1. The fraction of sp³-hybridized carbons (Fsp3) is 0.625. The van der Waals surface area contributed by atoms with Gasteiger partial charge in [0.2, 0.25) is 0 Å². The van der Waals surface area contributed by atoms with Gasteiger partial charge < -0.3 is 5.11 Å². The van der Waals surface area contributed by atoms with Gasteiger partial charge in [-0.2, -0.15) is 0 Å². The molecule has 1 N–H and O–H groups in total. The summed E-state index contributed by atoms with van der Waals surface area (Å²) in [6.07, 6.45) is 4.08. The van der Waals surface area contributed by atoms with Crippen molar-refractivity contribution in [3.05, 3.63) is 11.6 Å². The van der Waals surface area contributed by atoms with E-state index in [0.29, 0.717) is 0 Å². The number of carboxylic acid groups (broad SMARTS) is 1. The molecule has 0 aromatic carbocycles. The third-order valence-corrected chi connectivity index (χ3v) is 1.35. The van der Waals surface area contributed by atoms with Crippen molar-refractivity contribution in [2.24, 2.45) is 0 Å². The van der Waals surface area contributed by atoms with Crippen LogP contribution in [0.15, 0.2) is 11.6 Å². The van der Waals surface area contributed by atoms with E-state index in [1.807, 2.05) is 13.8 Å². The lowest BCUT2D eigenvalue weighted by molar-refractivity contribution is -0.131. The first-order chi connectivity index (χ1) is 4.70. The maximum atomic E-state index is 10.2. The van der Waals surface area contributed by atoms with Crippen molar-refractivity contribution in [1.82, 2.24) is 0 Å². The molecule has 0 aromatic rings. The molecule has 58 valence electrons. The standard InChI is InChI=1S/C8H14O2/c1-3-5-7(4-2)6-8(9)10/h6H,3-5H2,1-2H3,(H,9,10)/b7-6-. The maximum Gasteiger partial charge on any atom is 0.328 e. The molecule has 0 rings (SSSR count). The molecule has 0 radical (unpaired) electrons. The van der Waals surface area contributed by atoms with E-state index in [-0.39, 0.29) is 0 Å². The predicted molar refractivity (Wildman–Crippen MR) is 40.9 cm³/mol. The zero-order chi connectivity index (χ0) is 7.98. The van der Waals surface area contributed by atoms with Gasteiger partial charge in [0, 0.05) is 6.08 Å². The van der Waals surface area contributed by atoms with Crippen LogP contribution >= 0.6 is 0 Å². The Morgan fingerprint density at radius 2 is 2.10 bits per heavy atom. The average Bonchev–Trinajstić information content (AvgIpc) is 1.86. The monoisotopic (exact) mass is 142 g/mol. The van der Waals surface area contributed by atoms with Crippen molar-refractivity contribution in [3.8, 4) is 0 Å². The van der Waals surface area contributed by atoms with E-state index < -0.39 is 5.97 Å². The molecule has 10 heavy (non-hydrogen) atoms. The van der Waals surface area contributed by atoms with Crippen LogP contribution in [0.25, 0.3) is 0 Å². The minimum absolute atomic E-state index is 0.828. The summed E-state index contributed by atoms with van der Waals surface area (Å²) in [5, 5.41) is 8.37. The predicted octanol–water partition coefficient (Wildman–Crippen LogP) is 2.21. The van der Waals surface area contributed by atoms with E-state index in [4.69, 9.17) is 5.11 Å². The van der Waals surface area contributed by atoms with E-state index in [1.54, 1.807) is 0 Å². The van der Waals surface area contributed by atoms with E-state index in [0.717, 1.165) is 24.8 Å². The van der Waals surface area contributed by atoms with Crippen molar-refractivity contribution in [1.29, 1.82) is 0 Å². The van der Waals surface area contributed by atoms with E-state index in [2.05, 4.69) is 0 Å². The summed E-state index contributed by atoms with van der Waals surface area (Å²) in [6.45, 7) is 4.02. The van der Waals surface area contributed by atoms with Gasteiger partial charge in [-0.05, 0) is 12.8 Å². The Labute approximate surface area is 61.6 Å². The van der Waals surface area contributed by atoms with Gasteiger partial charge in [-0.15, -0.1) is 0 Å². The van der Waals surface area contributed by atoms with Crippen LogP contribution in [0.3, 0.4) is 0 Å². The zero-order valence-corrected chi connectivity index (χ0v) is 6.55. The Hall–Kier alpha value is -0.790. The van der Waals surface area contributed by atoms with Crippen LogP contribution in [0.5, 0.6) is 0 Å². The van der Waals surface area contributed by atoms with Gasteiger partial charge in [0.1, 0.15) is 0 Å². The Bertz CT molecular complexity index is 136. The highest BCUT2D eigenvalue weighted by Crippen LogP contribution is 2.07. The van der Waals surface area contributed by atoms with Gasteiger partial charge in [-0.3, -0.25) is 0 Å². The largest absolute Gasteiger partial charge is 0.478 e. The number of carboxylic acids is 1. The molecule has 0 aliphatic carbocycles. The maximum absolute atomic E-state index is 10.2. The van der Waals surface area contributed by atoms with Crippen molar-refractivity contribution in [2.75, 3.05) is 0 Å². The first kappa shape index (κ1) is 9.21. The van der Waals surface area contributed by atoms with E-state index in [1.165, 1.54) is 6.08 Å². The Balaban J connectivity index is 3.91. The summed E-state index contributed by atoms with van der Waals surface area (Å²) in [5.74, 6) is -0.828. The molecule has 0 heterocycles. The Morgan fingerprint density at radius 1 is 1.50 bits per heavy atom. The number of hydrogen-bond donors (Lipinski definition) is 1. The second-order valence-corrected chi connectivity index (χ2v) is 2.24. The van der Waals surface area contributed by atoms with Crippen LogP contribution in [0.4, 0.5) is 0 Å². The highest BCUT2D eigenvalue weighted by molar-refractivity contribution is 5.80. The smallest absolute Gasteiger partial charge is 0.328 e.